The molecule has 0 bridgehead atoms. The van der Waals surface area contributed by atoms with E-state index in [0.717, 1.165) is 11.1 Å². The van der Waals surface area contributed by atoms with Crippen molar-refractivity contribution >= 4 is 5.91 Å². The smallest absolute Gasteiger partial charge is 0.254 e. The van der Waals surface area contributed by atoms with Crippen LogP contribution in [0.1, 0.15) is 28.2 Å². The second kappa shape index (κ2) is 6.35. The van der Waals surface area contributed by atoms with Gasteiger partial charge in [-0.1, -0.05) is 29.8 Å². The lowest BCUT2D eigenvalue weighted by Gasteiger charge is -2.07. The fourth-order valence-corrected chi connectivity index (χ4v) is 2.21. The van der Waals surface area contributed by atoms with Crippen molar-refractivity contribution < 1.29 is 4.79 Å². The Kier molecular flexibility index (Phi) is 4.52. The summed E-state index contributed by atoms with van der Waals surface area (Å²) in [6, 6.07) is 7.94. The maximum Gasteiger partial charge on any atom is 0.254 e. The van der Waals surface area contributed by atoms with E-state index in [1.54, 1.807) is 13.8 Å². The number of aromatic nitrogens is 2. The molecule has 0 aliphatic carbocycles. The van der Waals surface area contributed by atoms with E-state index < -0.39 is 0 Å². The molecular formula is C16H19N3O2. The molecule has 0 saturated carbocycles. The van der Waals surface area contributed by atoms with Crippen LogP contribution < -0.4 is 10.9 Å². The van der Waals surface area contributed by atoms with Gasteiger partial charge in [-0.2, -0.15) is 0 Å². The van der Waals surface area contributed by atoms with Crippen LogP contribution >= 0.6 is 0 Å². The van der Waals surface area contributed by atoms with E-state index in [1.807, 2.05) is 31.2 Å². The van der Waals surface area contributed by atoms with Gasteiger partial charge in [0.2, 0.25) is 5.91 Å². The molecule has 5 nitrogen and oxygen atoms in total. The molecule has 0 atom stereocenters. The summed E-state index contributed by atoms with van der Waals surface area (Å²) in [6.45, 7) is 5.92. The van der Waals surface area contributed by atoms with Gasteiger partial charge in [0.1, 0.15) is 5.82 Å². The maximum atomic E-state index is 12.0. The second-order valence-corrected chi connectivity index (χ2v) is 5.16. The predicted octanol–water partition coefficient (Wildman–Crippen LogP) is 1.55. The second-order valence-electron chi connectivity index (χ2n) is 5.16. The summed E-state index contributed by atoms with van der Waals surface area (Å²) in [4.78, 5) is 30.6. The molecule has 0 spiro atoms. The van der Waals surface area contributed by atoms with Crippen molar-refractivity contribution in [3.63, 3.8) is 0 Å². The number of amides is 1. The van der Waals surface area contributed by atoms with Crippen LogP contribution in [0.4, 0.5) is 0 Å². The fraction of sp³-hybridized carbons (Fsp3) is 0.312. The monoisotopic (exact) mass is 285 g/mol. The number of aromatic amines is 1. The van der Waals surface area contributed by atoms with Crippen LogP contribution in [0.25, 0.3) is 0 Å². The quantitative estimate of drug-likeness (QED) is 0.895. The Morgan fingerprint density at radius 3 is 2.71 bits per heavy atom. The molecule has 1 heterocycles. The Labute approximate surface area is 123 Å². The highest BCUT2D eigenvalue weighted by Gasteiger charge is 2.11. The molecule has 1 aromatic carbocycles. The van der Waals surface area contributed by atoms with Crippen molar-refractivity contribution in [1.29, 1.82) is 0 Å². The summed E-state index contributed by atoms with van der Waals surface area (Å²) >= 11 is 0. The molecule has 0 aliphatic heterocycles. The molecule has 5 heteroatoms. The Morgan fingerprint density at radius 1 is 1.29 bits per heavy atom. The standard InChI is InChI=1S/C16H19N3O2/c1-10-5-4-6-13(7-10)9-17-15(20)8-14-11(2)18-12(3)19-16(14)21/h4-7H,8-9H2,1-3H3,(H,17,20)(H,18,19,21). The Balaban J connectivity index is 2.01. The molecule has 2 rings (SSSR count). The summed E-state index contributed by atoms with van der Waals surface area (Å²) < 4.78 is 0. The molecular weight excluding hydrogens is 266 g/mol. The SMILES string of the molecule is Cc1cccc(CNC(=O)Cc2c(C)nc(C)[nH]c2=O)c1. The minimum atomic E-state index is -0.245. The van der Waals surface area contributed by atoms with Gasteiger partial charge in [-0.05, 0) is 26.3 Å². The summed E-state index contributed by atoms with van der Waals surface area (Å²) in [5.74, 6) is 0.372. The van der Waals surface area contributed by atoms with E-state index in [-0.39, 0.29) is 17.9 Å². The van der Waals surface area contributed by atoms with Crippen LogP contribution in [-0.2, 0) is 17.8 Å². The third-order valence-electron chi connectivity index (χ3n) is 3.25. The average Bonchev–Trinajstić information content (AvgIpc) is 2.40. The first-order chi connectivity index (χ1) is 9.95. The lowest BCUT2D eigenvalue weighted by atomic mass is 10.1. The van der Waals surface area contributed by atoms with Gasteiger partial charge >= 0.3 is 0 Å². The number of nitrogens with zero attached hydrogens (tertiary/aromatic N) is 1. The first-order valence-corrected chi connectivity index (χ1v) is 6.84. The van der Waals surface area contributed by atoms with Crippen LogP contribution in [0.2, 0.25) is 0 Å². The Morgan fingerprint density at radius 2 is 2.05 bits per heavy atom. The first-order valence-electron chi connectivity index (χ1n) is 6.84. The predicted molar refractivity (Wildman–Crippen MR) is 81.1 cm³/mol. The number of aryl methyl sites for hydroxylation is 3. The van der Waals surface area contributed by atoms with E-state index in [1.165, 1.54) is 0 Å². The van der Waals surface area contributed by atoms with Gasteiger partial charge in [0.05, 0.1) is 6.42 Å². The van der Waals surface area contributed by atoms with Crippen molar-refractivity contribution in [2.45, 2.75) is 33.7 Å². The normalized spacial score (nSPS) is 10.4. The number of hydrogen-bond donors (Lipinski definition) is 2. The van der Waals surface area contributed by atoms with Gasteiger partial charge in [0.25, 0.3) is 5.56 Å². The molecule has 110 valence electrons. The van der Waals surface area contributed by atoms with Crippen LogP contribution in [0.15, 0.2) is 29.1 Å². The molecule has 0 fully saturated rings. The van der Waals surface area contributed by atoms with Crippen LogP contribution in [0.5, 0.6) is 0 Å². The van der Waals surface area contributed by atoms with Gasteiger partial charge < -0.3 is 10.3 Å². The number of carbonyl (C=O) groups is 1. The average molecular weight is 285 g/mol. The summed E-state index contributed by atoms with van der Waals surface area (Å²) in [7, 11) is 0. The highest BCUT2D eigenvalue weighted by Crippen LogP contribution is 2.04. The minimum absolute atomic E-state index is 0.0419. The van der Waals surface area contributed by atoms with E-state index in [0.29, 0.717) is 23.6 Å². The maximum absolute atomic E-state index is 12.0. The number of hydrogen-bond acceptors (Lipinski definition) is 3. The molecule has 1 amide bonds. The first kappa shape index (κ1) is 15.0. The van der Waals surface area contributed by atoms with Crippen LogP contribution in [0.3, 0.4) is 0 Å². The summed E-state index contributed by atoms with van der Waals surface area (Å²) in [5, 5.41) is 2.82. The van der Waals surface area contributed by atoms with Gasteiger partial charge in [-0.3, -0.25) is 9.59 Å². The van der Waals surface area contributed by atoms with E-state index in [2.05, 4.69) is 15.3 Å². The van der Waals surface area contributed by atoms with Gasteiger partial charge in [0, 0.05) is 17.8 Å². The summed E-state index contributed by atoms with van der Waals surface area (Å²) in [6.07, 6.45) is 0.0419. The number of benzene rings is 1. The lowest BCUT2D eigenvalue weighted by molar-refractivity contribution is -0.120. The highest BCUT2D eigenvalue weighted by molar-refractivity contribution is 5.78. The van der Waals surface area contributed by atoms with Crippen molar-refractivity contribution in [2.24, 2.45) is 0 Å². The third-order valence-corrected chi connectivity index (χ3v) is 3.25. The van der Waals surface area contributed by atoms with Crippen molar-refractivity contribution in [3.8, 4) is 0 Å². The van der Waals surface area contributed by atoms with Gasteiger partial charge in [-0.25, -0.2) is 4.98 Å². The number of nitrogens with one attached hydrogen (secondary N) is 2. The van der Waals surface area contributed by atoms with Crippen LogP contribution in [0, 0.1) is 20.8 Å². The molecule has 21 heavy (non-hydrogen) atoms. The Hall–Kier alpha value is -2.43. The van der Waals surface area contributed by atoms with Crippen molar-refractivity contribution in [2.75, 3.05) is 0 Å². The molecule has 2 N–H and O–H groups in total. The van der Waals surface area contributed by atoms with Crippen molar-refractivity contribution in [1.82, 2.24) is 15.3 Å². The Bertz CT molecular complexity index is 720. The van der Waals surface area contributed by atoms with Gasteiger partial charge in [0.15, 0.2) is 0 Å². The lowest BCUT2D eigenvalue weighted by Crippen LogP contribution is -2.29. The van der Waals surface area contributed by atoms with Gasteiger partial charge in [-0.15, -0.1) is 0 Å². The van der Waals surface area contributed by atoms with Crippen molar-refractivity contribution in [3.05, 3.63) is 62.8 Å². The molecule has 2 aromatic rings. The largest absolute Gasteiger partial charge is 0.352 e. The number of rotatable bonds is 4. The highest BCUT2D eigenvalue weighted by atomic mass is 16.2. The van der Waals surface area contributed by atoms with E-state index >= 15 is 0 Å². The molecule has 0 radical (unpaired) electrons. The third kappa shape index (κ3) is 4.02. The molecule has 0 saturated heterocycles. The van der Waals surface area contributed by atoms with E-state index in [4.69, 9.17) is 0 Å². The summed E-state index contributed by atoms with van der Waals surface area (Å²) in [5.41, 5.74) is 2.96. The fourth-order valence-electron chi connectivity index (χ4n) is 2.21. The van der Waals surface area contributed by atoms with Crippen LogP contribution in [-0.4, -0.2) is 15.9 Å². The molecule has 1 aromatic heterocycles. The molecule has 0 aliphatic rings. The minimum Gasteiger partial charge on any atom is -0.352 e. The number of carbonyl (C=O) groups excluding carboxylic acids is 1. The van der Waals surface area contributed by atoms with E-state index in [9.17, 15) is 9.59 Å². The zero-order valence-corrected chi connectivity index (χ0v) is 12.5. The topological polar surface area (TPSA) is 74.8 Å². The zero-order chi connectivity index (χ0) is 15.4. The molecule has 0 unspecified atom stereocenters. The number of H-pyrrole nitrogens is 1. The zero-order valence-electron chi connectivity index (χ0n) is 12.5.